The SMILES string of the molecule is COC(CN)CC(=O)Nc1ccccc1-c1n[nH]c(C(C)C)n1.Cl. The summed E-state index contributed by atoms with van der Waals surface area (Å²) in [6.45, 7) is 4.37. The number of nitrogens with zero attached hydrogens (tertiary/aromatic N) is 2. The van der Waals surface area contributed by atoms with Crippen molar-refractivity contribution in [3.8, 4) is 11.4 Å². The van der Waals surface area contributed by atoms with Crippen LogP contribution >= 0.6 is 12.4 Å². The third-order valence-electron chi connectivity index (χ3n) is 3.50. The van der Waals surface area contributed by atoms with Gasteiger partial charge in [0.1, 0.15) is 5.82 Å². The maximum Gasteiger partial charge on any atom is 0.227 e. The summed E-state index contributed by atoms with van der Waals surface area (Å²) < 4.78 is 5.14. The number of ether oxygens (including phenoxy) is 1. The lowest BCUT2D eigenvalue weighted by Crippen LogP contribution is -2.28. The number of para-hydroxylation sites is 1. The zero-order valence-electron chi connectivity index (χ0n) is 14.1. The van der Waals surface area contributed by atoms with Crippen molar-refractivity contribution >= 4 is 24.0 Å². The summed E-state index contributed by atoms with van der Waals surface area (Å²) in [5.41, 5.74) is 6.98. The smallest absolute Gasteiger partial charge is 0.227 e. The number of aromatic nitrogens is 3. The number of hydrogen-bond donors (Lipinski definition) is 3. The van der Waals surface area contributed by atoms with Gasteiger partial charge >= 0.3 is 0 Å². The third kappa shape index (κ3) is 5.02. The molecule has 0 saturated heterocycles. The Bertz CT molecular complexity index is 655. The topological polar surface area (TPSA) is 106 Å². The van der Waals surface area contributed by atoms with E-state index in [2.05, 4.69) is 20.5 Å². The van der Waals surface area contributed by atoms with Gasteiger partial charge in [-0.3, -0.25) is 9.89 Å². The van der Waals surface area contributed by atoms with Crippen LogP contribution in [0.25, 0.3) is 11.4 Å². The van der Waals surface area contributed by atoms with Gasteiger partial charge in [0, 0.05) is 25.1 Å². The highest BCUT2D eigenvalue weighted by atomic mass is 35.5. The lowest BCUT2D eigenvalue weighted by atomic mass is 10.1. The molecular weight excluding hydrogens is 330 g/mol. The number of aromatic amines is 1. The second-order valence-electron chi connectivity index (χ2n) is 5.59. The van der Waals surface area contributed by atoms with E-state index < -0.39 is 0 Å². The van der Waals surface area contributed by atoms with Crippen LogP contribution in [0.4, 0.5) is 5.69 Å². The molecule has 8 heteroatoms. The number of hydrogen-bond acceptors (Lipinski definition) is 5. The number of anilines is 1. The van der Waals surface area contributed by atoms with Crippen LogP contribution in [0.15, 0.2) is 24.3 Å². The highest BCUT2D eigenvalue weighted by Crippen LogP contribution is 2.26. The molecule has 24 heavy (non-hydrogen) atoms. The number of nitrogens with two attached hydrogens (primary N) is 1. The standard InChI is InChI=1S/C16H23N5O2.ClH/c1-10(2)15-19-16(21-20-15)12-6-4-5-7-13(12)18-14(22)8-11(9-17)23-3;/h4-7,10-11H,8-9,17H2,1-3H3,(H,18,22)(H,19,20,21);1H. The highest BCUT2D eigenvalue weighted by molar-refractivity contribution is 5.94. The summed E-state index contributed by atoms with van der Waals surface area (Å²) in [6, 6.07) is 7.43. The minimum atomic E-state index is -0.293. The predicted molar refractivity (Wildman–Crippen MR) is 96.3 cm³/mol. The Morgan fingerprint density at radius 2 is 2.08 bits per heavy atom. The average molecular weight is 354 g/mol. The lowest BCUT2D eigenvalue weighted by molar-refractivity contribution is -0.118. The molecule has 1 amide bonds. The lowest BCUT2D eigenvalue weighted by Gasteiger charge is -2.13. The van der Waals surface area contributed by atoms with Crippen molar-refractivity contribution in [1.82, 2.24) is 15.2 Å². The van der Waals surface area contributed by atoms with Gasteiger partial charge < -0.3 is 15.8 Å². The molecular formula is C16H24ClN5O2. The Morgan fingerprint density at radius 1 is 1.38 bits per heavy atom. The van der Waals surface area contributed by atoms with E-state index in [9.17, 15) is 4.79 Å². The van der Waals surface area contributed by atoms with Crippen molar-refractivity contribution in [2.75, 3.05) is 19.0 Å². The molecule has 0 saturated carbocycles. The van der Waals surface area contributed by atoms with Gasteiger partial charge in [0.15, 0.2) is 5.82 Å². The van der Waals surface area contributed by atoms with Crippen molar-refractivity contribution in [2.45, 2.75) is 32.3 Å². The second kappa shape index (κ2) is 9.36. The van der Waals surface area contributed by atoms with Crippen LogP contribution in [0, 0.1) is 0 Å². The average Bonchev–Trinajstić information content (AvgIpc) is 3.03. The number of nitrogens with one attached hydrogen (secondary N) is 2. The largest absolute Gasteiger partial charge is 0.380 e. The van der Waals surface area contributed by atoms with E-state index in [1.807, 2.05) is 38.1 Å². The molecule has 0 aliphatic heterocycles. The predicted octanol–water partition coefficient (Wildman–Crippen LogP) is 2.32. The summed E-state index contributed by atoms with van der Waals surface area (Å²) >= 11 is 0. The Balaban J connectivity index is 0.00000288. The summed E-state index contributed by atoms with van der Waals surface area (Å²) in [6.07, 6.45) is -0.0924. The van der Waals surface area contributed by atoms with Gasteiger partial charge in [0.25, 0.3) is 0 Å². The zero-order valence-corrected chi connectivity index (χ0v) is 14.9. The molecule has 0 spiro atoms. The molecule has 2 aromatic rings. The highest BCUT2D eigenvalue weighted by Gasteiger charge is 2.16. The molecule has 2 rings (SSSR count). The van der Waals surface area contributed by atoms with E-state index in [0.29, 0.717) is 18.1 Å². The van der Waals surface area contributed by atoms with Gasteiger partial charge in [0.05, 0.1) is 18.2 Å². The van der Waals surface area contributed by atoms with Crippen LogP contribution < -0.4 is 11.1 Å². The Hall–Kier alpha value is -1.96. The van der Waals surface area contributed by atoms with E-state index in [0.717, 1.165) is 11.4 Å². The summed E-state index contributed by atoms with van der Waals surface area (Å²) in [7, 11) is 1.54. The number of halogens is 1. The second-order valence-corrected chi connectivity index (χ2v) is 5.59. The molecule has 0 fully saturated rings. The first-order chi connectivity index (χ1) is 11.0. The van der Waals surface area contributed by atoms with E-state index >= 15 is 0 Å². The molecule has 4 N–H and O–H groups in total. The summed E-state index contributed by atoms with van der Waals surface area (Å²) in [5, 5.41) is 10.0. The maximum atomic E-state index is 12.1. The van der Waals surface area contributed by atoms with Crippen LogP contribution in [-0.2, 0) is 9.53 Å². The number of benzene rings is 1. The van der Waals surface area contributed by atoms with Crippen molar-refractivity contribution in [3.05, 3.63) is 30.1 Å². The van der Waals surface area contributed by atoms with Gasteiger partial charge in [0.2, 0.25) is 5.91 Å². The molecule has 1 atom stereocenters. The number of carbonyl (C=O) groups excluding carboxylic acids is 1. The van der Waals surface area contributed by atoms with Crippen molar-refractivity contribution in [3.63, 3.8) is 0 Å². The van der Waals surface area contributed by atoms with E-state index in [1.54, 1.807) is 7.11 Å². The molecule has 0 radical (unpaired) electrons. The molecule has 7 nitrogen and oxygen atoms in total. The zero-order chi connectivity index (χ0) is 16.8. The molecule has 132 valence electrons. The first kappa shape index (κ1) is 20.1. The molecule has 0 aliphatic carbocycles. The van der Waals surface area contributed by atoms with Gasteiger partial charge in [-0.15, -0.1) is 12.4 Å². The maximum absolute atomic E-state index is 12.1. The Kier molecular flexibility index (Phi) is 7.84. The van der Waals surface area contributed by atoms with Crippen LogP contribution in [0.5, 0.6) is 0 Å². The first-order valence-corrected chi connectivity index (χ1v) is 7.59. The minimum absolute atomic E-state index is 0. The quantitative estimate of drug-likeness (QED) is 0.708. The van der Waals surface area contributed by atoms with Gasteiger partial charge in [-0.2, -0.15) is 5.10 Å². The molecule has 1 aromatic carbocycles. The van der Waals surface area contributed by atoms with Gasteiger partial charge in [-0.05, 0) is 12.1 Å². The normalized spacial score (nSPS) is 11.9. The molecule has 1 aromatic heterocycles. The summed E-state index contributed by atoms with van der Waals surface area (Å²) in [4.78, 5) is 16.6. The van der Waals surface area contributed by atoms with Gasteiger partial charge in [-0.1, -0.05) is 26.0 Å². The fourth-order valence-corrected chi connectivity index (χ4v) is 2.11. The summed E-state index contributed by atoms with van der Waals surface area (Å²) in [5.74, 6) is 1.47. The van der Waals surface area contributed by atoms with Crippen molar-refractivity contribution < 1.29 is 9.53 Å². The molecule has 1 heterocycles. The van der Waals surface area contributed by atoms with Gasteiger partial charge in [-0.25, -0.2) is 4.98 Å². The molecule has 0 aliphatic rings. The minimum Gasteiger partial charge on any atom is -0.380 e. The Morgan fingerprint density at radius 3 is 2.67 bits per heavy atom. The van der Waals surface area contributed by atoms with E-state index in [-0.39, 0.29) is 36.8 Å². The monoisotopic (exact) mass is 353 g/mol. The fraction of sp³-hybridized carbons (Fsp3) is 0.438. The van der Waals surface area contributed by atoms with Crippen LogP contribution in [0.1, 0.15) is 32.0 Å². The molecule has 0 bridgehead atoms. The number of rotatable bonds is 7. The number of methoxy groups -OCH3 is 1. The number of H-pyrrole nitrogens is 1. The number of amides is 1. The van der Waals surface area contributed by atoms with Crippen LogP contribution in [0.2, 0.25) is 0 Å². The van der Waals surface area contributed by atoms with Crippen molar-refractivity contribution in [2.24, 2.45) is 5.73 Å². The first-order valence-electron chi connectivity index (χ1n) is 7.59. The number of carbonyl (C=O) groups is 1. The Labute approximate surface area is 147 Å². The third-order valence-corrected chi connectivity index (χ3v) is 3.50. The molecule has 1 unspecified atom stereocenters. The fourth-order valence-electron chi connectivity index (χ4n) is 2.11. The van der Waals surface area contributed by atoms with E-state index in [4.69, 9.17) is 10.5 Å². The van der Waals surface area contributed by atoms with Crippen LogP contribution in [-0.4, -0.2) is 40.8 Å². The van der Waals surface area contributed by atoms with E-state index in [1.165, 1.54) is 0 Å². The van der Waals surface area contributed by atoms with Crippen molar-refractivity contribution in [1.29, 1.82) is 0 Å². The van der Waals surface area contributed by atoms with Crippen LogP contribution in [0.3, 0.4) is 0 Å².